The summed E-state index contributed by atoms with van der Waals surface area (Å²) >= 11 is 0. The zero-order chi connectivity index (χ0) is 19.3. The maximum atomic E-state index is 13.0. The molecule has 1 saturated carbocycles. The summed E-state index contributed by atoms with van der Waals surface area (Å²) < 4.78 is 11.4. The van der Waals surface area contributed by atoms with Crippen molar-refractivity contribution in [1.29, 1.82) is 0 Å². The highest BCUT2D eigenvalue weighted by Gasteiger charge is 2.26. The third-order valence-corrected chi connectivity index (χ3v) is 6.07. The van der Waals surface area contributed by atoms with Gasteiger partial charge < -0.3 is 19.3 Å². The molecule has 0 spiro atoms. The molecule has 6 nitrogen and oxygen atoms in total. The van der Waals surface area contributed by atoms with Crippen molar-refractivity contribution >= 4 is 11.8 Å². The van der Waals surface area contributed by atoms with Gasteiger partial charge in [0, 0.05) is 44.6 Å². The number of hydrogen-bond donors (Lipinski definition) is 0. The molecule has 3 aliphatic rings. The fourth-order valence-electron chi connectivity index (χ4n) is 4.44. The van der Waals surface area contributed by atoms with Crippen LogP contribution in [0.15, 0.2) is 18.2 Å². The van der Waals surface area contributed by atoms with E-state index < -0.39 is 0 Å². The molecule has 4 rings (SSSR count). The number of rotatable bonds is 3. The summed E-state index contributed by atoms with van der Waals surface area (Å²) in [4.78, 5) is 29.5. The van der Waals surface area contributed by atoms with E-state index in [0.717, 1.165) is 19.4 Å². The second kappa shape index (κ2) is 8.84. The molecule has 0 radical (unpaired) electrons. The molecule has 1 saturated heterocycles. The normalized spacial score (nSPS) is 20.6. The van der Waals surface area contributed by atoms with Gasteiger partial charge in [0.2, 0.25) is 5.91 Å². The Morgan fingerprint density at radius 2 is 1.57 bits per heavy atom. The van der Waals surface area contributed by atoms with Gasteiger partial charge in [0.1, 0.15) is 0 Å². The predicted molar refractivity (Wildman–Crippen MR) is 106 cm³/mol. The topological polar surface area (TPSA) is 59.1 Å². The smallest absolute Gasteiger partial charge is 0.254 e. The number of carbonyl (C=O) groups excluding carboxylic acids is 2. The lowest BCUT2D eigenvalue weighted by atomic mass is 10.0. The van der Waals surface area contributed by atoms with Crippen LogP contribution >= 0.6 is 0 Å². The molecule has 2 heterocycles. The Hall–Kier alpha value is -2.24. The Labute approximate surface area is 166 Å². The average Bonchev–Trinajstić information content (AvgIpc) is 2.96. The van der Waals surface area contributed by atoms with Crippen molar-refractivity contribution in [1.82, 2.24) is 9.80 Å². The lowest BCUT2D eigenvalue weighted by molar-refractivity contribution is -0.132. The molecule has 6 heteroatoms. The number of ether oxygens (including phenoxy) is 2. The van der Waals surface area contributed by atoms with Crippen molar-refractivity contribution in [3.05, 3.63) is 23.8 Å². The zero-order valence-corrected chi connectivity index (χ0v) is 16.5. The van der Waals surface area contributed by atoms with E-state index in [9.17, 15) is 9.59 Å². The summed E-state index contributed by atoms with van der Waals surface area (Å²) in [5, 5.41) is 0. The van der Waals surface area contributed by atoms with Crippen LogP contribution in [0.3, 0.4) is 0 Å². The van der Waals surface area contributed by atoms with Crippen LogP contribution in [0.25, 0.3) is 0 Å². The van der Waals surface area contributed by atoms with Crippen LogP contribution in [0.4, 0.5) is 0 Å². The van der Waals surface area contributed by atoms with Gasteiger partial charge in [-0.2, -0.15) is 0 Å². The maximum absolute atomic E-state index is 13.0. The minimum atomic E-state index is 0.000684. The Morgan fingerprint density at radius 1 is 0.857 bits per heavy atom. The van der Waals surface area contributed by atoms with Gasteiger partial charge in [0.25, 0.3) is 5.91 Å². The summed E-state index contributed by atoms with van der Waals surface area (Å²) in [7, 11) is 0. The van der Waals surface area contributed by atoms with Crippen LogP contribution in [0, 0.1) is 5.92 Å². The largest absolute Gasteiger partial charge is 0.490 e. The minimum Gasteiger partial charge on any atom is -0.490 e. The van der Waals surface area contributed by atoms with Gasteiger partial charge in [0.05, 0.1) is 13.2 Å². The first-order valence-electron chi connectivity index (χ1n) is 10.7. The van der Waals surface area contributed by atoms with E-state index >= 15 is 0 Å². The monoisotopic (exact) mass is 386 g/mol. The Balaban J connectivity index is 1.36. The standard InChI is InChI=1S/C22H30N2O4/c25-21(15-17-5-1-2-6-17)23-9-3-10-24(12-11-23)22(26)18-7-8-19-20(16-18)28-14-4-13-27-19/h7-8,16-17H,1-6,9-15H2. The summed E-state index contributed by atoms with van der Waals surface area (Å²) in [6.45, 7) is 3.88. The number of carbonyl (C=O) groups is 2. The second-order valence-electron chi connectivity index (χ2n) is 8.09. The molecule has 1 aliphatic carbocycles. The van der Waals surface area contributed by atoms with Gasteiger partial charge in [-0.05, 0) is 43.4 Å². The molecule has 1 aromatic carbocycles. The fourth-order valence-corrected chi connectivity index (χ4v) is 4.44. The van der Waals surface area contributed by atoms with Crippen LogP contribution in [-0.4, -0.2) is 61.0 Å². The molecule has 28 heavy (non-hydrogen) atoms. The minimum absolute atomic E-state index is 0.000684. The van der Waals surface area contributed by atoms with Crippen LogP contribution in [0.5, 0.6) is 11.5 Å². The molecule has 0 aromatic heterocycles. The van der Waals surface area contributed by atoms with Crippen molar-refractivity contribution in [2.45, 2.75) is 44.9 Å². The summed E-state index contributed by atoms with van der Waals surface area (Å²) in [6, 6.07) is 5.42. The van der Waals surface area contributed by atoms with E-state index in [-0.39, 0.29) is 11.8 Å². The first-order chi connectivity index (χ1) is 13.7. The molecule has 2 amide bonds. The molecule has 0 N–H and O–H groups in total. The van der Waals surface area contributed by atoms with Crippen molar-refractivity contribution < 1.29 is 19.1 Å². The highest BCUT2D eigenvalue weighted by atomic mass is 16.5. The second-order valence-corrected chi connectivity index (χ2v) is 8.09. The Bertz CT molecular complexity index is 714. The summed E-state index contributed by atoms with van der Waals surface area (Å²) in [6.07, 6.45) is 7.24. The average molecular weight is 386 g/mol. The lowest BCUT2D eigenvalue weighted by Gasteiger charge is -2.23. The van der Waals surface area contributed by atoms with E-state index in [1.807, 2.05) is 21.9 Å². The van der Waals surface area contributed by atoms with Gasteiger partial charge in [-0.25, -0.2) is 0 Å². The molecular weight excluding hydrogens is 356 g/mol. The first kappa shape index (κ1) is 19.1. The number of hydrogen-bond acceptors (Lipinski definition) is 4. The van der Waals surface area contributed by atoms with Crippen LogP contribution in [0.1, 0.15) is 55.3 Å². The molecule has 2 aliphatic heterocycles. The Kier molecular flexibility index (Phi) is 6.03. The molecular formula is C22H30N2O4. The highest BCUT2D eigenvalue weighted by molar-refractivity contribution is 5.95. The number of benzene rings is 1. The quantitative estimate of drug-likeness (QED) is 0.801. The third kappa shape index (κ3) is 4.42. The van der Waals surface area contributed by atoms with Crippen LogP contribution in [0.2, 0.25) is 0 Å². The Morgan fingerprint density at radius 3 is 2.39 bits per heavy atom. The van der Waals surface area contributed by atoms with E-state index in [1.165, 1.54) is 25.7 Å². The van der Waals surface area contributed by atoms with Gasteiger partial charge in [-0.1, -0.05) is 12.8 Å². The highest BCUT2D eigenvalue weighted by Crippen LogP contribution is 2.31. The number of amides is 2. The van der Waals surface area contributed by atoms with Crippen molar-refractivity contribution in [2.75, 3.05) is 39.4 Å². The lowest BCUT2D eigenvalue weighted by Crippen LogP contribution is -2.37. The maximum Gasteiger partial charge on any atom is 0.254 e. The van der Waals surface area contributed by atoms with Crippen LogP contribution < -0.4 is 9.47 Å². The SMILES string of the molecule is O=C(CC1CCCC1)N1CCCN(C(=O)c2ccc3c(c2)OCCCO3)CC1. The molecule has 1 aromatic rings. The van der Waals surface area contributed by atoms with Gasteiger partial charge in [-0.15, -0.1) is 0 Å². The van der Waals surface area contributed by atoms with Gasteiger partial charge in [0.15, 0.2) is 11.5 Å². The van der Waals surface area contributed by atoms with Gasteiger partial charge in [-0.3, -0.25) is 9.59 Å². The zero-order valence-electron chi connectivity index (χ0n) is 16.5. The third-order valence-electron chi connectivity index (χ3n) is 6.07. The molecule has 152 valence electrons. The van der Waals surface area contributed by atoms with E-state index in [4.69, 9.17) is 9.47 Å². The van der Waals surface area contributed by atoms with Crippen molar-refractivity contribution in [3.8, 4) is 11.5 Å². The molecule has 0 unspecified atom stereocenters. The molecule has 2 fully saturated rings. The first-order valence-corrected chi connectivity index (χ1v) is 10.7. The number of fused-ring (bicyclic) bond motifs is 1. The predicted octanol–water partition coefficient (Wildman–Crippen LogP) is 3.10. The van der Waals surface area contributed by atoms with Crippen molar-refractivity contribution in [3.63, 3.8) is 0 Å². The molecule has 0 bridgehead atoms. The van der Waals surface area contributed by atoms with Crippen molar-refractivity contribution in [2.24, 2.45) is 5.92 Å². The van der Waals surface area contributed by atoms with E-state index in [0.29, 0.717) is 62.2 Å². The summed E-state index contributed by atoms with van der Waals surface area (Å²) in [5.41, 5.74) is 0.620. The van der Waals surface area contributed by atoms with E-state index in [2.05, 4.69) is 0 Å². The number of nitrogens with zero attached hydrogens (tertiary/aromatic N) is 2. The fraction of sp³-hybridized carbons (Fsp3) is 0.636. The van der Waals surface area contributed by atoms with E-state index in [1.54, 1.807) is 6.07 Å². The van der Waals surface area contributed by atoms with Crippen LogP contribution in [-0.2, 0) is 4.79 Å². The van der Waals surface area contributed by atoms with Gasteiger partial charge >= 0.3 is 0 Å². The molecule has 0 atom stereocenters. The summed E-state index contributed by atoms with van der Waals surface area (Å²) in [5.74, 6) is 2.17.